The Morgan fingerprint density at radius 3 is 2.95 bits per heavy atom. The molecule has 1 unspecified atom stereocenters. The van der Waals surface area contributed by atoms with Crippen LogP contribution in [0.5, 0.6) is 0 Å². The number of ether oxygens (including phenoxy) is 1. The highest BCUT2D eigenvalue weighted by molar-refractivity contribution is 7.99. The van der Waals surface area contributed by atoms with Gasteiger partial charge in [-0.2, -0.15) is 4.98 Å². The molecule has 1 atom stereocenters. The standard InChI is InChI=1S/C14H14N2O2S/c1-14(7-17-8-14)13-15-12(16-18-13)10-6-19-11-5-3-2-4-9(10)11/h2-5,10H,6-8H2,1H3. The minimum absolute atomic E-state index is 0.0868. The molecule has 5 heteroatoms. The highest BCUT2D eigenvalue weighted by Crippen LogP contribution is 2.42. The van der Waals surface area contributed by atoms with Gasteiger partial charge in [0.1, 0.15) is 0 Å². The van der Waals surface area contributed by atoms with Crippen LogP contribution in [0.3, 0.4) is 0 Å². The molecule has 1 aromatic carbocycles. The number of benzene rings is 1. The van der Waals surface area contributed by atoms with Gasteiger partial charge in [0, 0.05) is 10.6 Å². The lowest BCUT2D eigenvalue weighted by Gasteiger charge is -2.34. The van der Waals surface area contributed by atoms with Crippen molar-refractivity contribution in [1.82, 2.24) is 10.1 Å². The molecule has 3 heterocycles. The Morgan fingerprint density at radius 1 is 1.32 bits per heavy atom. The molecule has 4 nitrogen and oxygen atoms in total. The first-order chi connectivity index (χ1) is 9.26. The van der Waals surface area contributed by atoms with E-state index in [1.807, 2.05) is 11.8 Å². The predicted molar refractivity (Wildman–Crippen MR) is 71.5 cm³/mol. The molecule has 0 radical (unpaired) electrons. The Labute approximate surface area is 115 Å². The van der Waals surface area contributed by atoms with E-state index in [2.05, 4.69) is 41.3 Å². The minimum Gasteiger partial charge on any atom is -0.379 e. The second kappa shape index (κ2) is 4.08. The van der Waals surface area contributed by atoms with E-state index >= 15 is 0 Å². The van der Waals surface area contributed by atoms with E-state index in [4.69, 9.17) is 9.26 Å². The Balaban J connectivity index is 1.67. The second-order valence-corrected chi connectivity index (χ2v) is 6.47. The molecular formula is C14H14N2O2S. The molecule has 0 spiro atoms. The zero-order chi connectivity index (χ0) is 12.9. The van der Waals surface area contributed by atoms with Gasteiger partial charge in [-0.25, -0.2) is 0 Å². The molecule has 0 N–H and O–H groups in total. The van der Waals surface area contributed by atoms with Crippen molar-refractivity contribution >= 4 is 11.8 Å². The molecule has 1 saturated heterocycles. The van der Waals surface area contributed by atoms with Gasteiger partial charge in [-0.1, -0.05) is 23.4 Å². The van der Waals surface area contributed by atoms with Crippen molar-refractivity contribution in [3.05, 3.63) is 41.5 Å². The number of fused-ring (bicyclic) bond motifs is 1. The topological polar surface area (TPSA) is 48.2 Å². The van der Waals surface area contributed by atoms with Gasteiger partial charge in [0.2, 0.25) is 5.89 Å². The summed E-state index contributed by atoms with van der Waals surface area (Å²) >= 11 is 1.86. The maximum Gasteiger partial charge on any atom is 0.237 e. The Hall–Kier alpha value is -1.33. The summed E-state index contributed by atoms with van der Waals surface area (Å²) in [5, 5.41) is 4.19. The lowest BCUT2D eigenvalue weighted by molar-refractivity contribution is -0.0644. The maximum atomic E-state index is 5.45. The van der Waals surface area contributed by atoms with E-state index in [0.717, 1.165) is 11.6 Å². The molecular weight excluding hydrogens is 260 g/mol. The monoisotopic (exact) mass is 274 g/mol. The van der Waals surface area contributed by atoms with Crippen molar-refractivity contribution in [2.45, 2.75) is 23.2 Å². The van der Waals surface area contributed by atoms with Crippen molar-refractivity contribution in [2.24, 2.45) is 0 Å². The van der Waals surface area contributed by atoms with Crippen LogP contribution in [0.15, 0.2) is 33.7 Å². The Bertz CT molecular complexity index is 621. The normalized spacial score (nSPS) is 23.9. The smallest absolute Gasteiger partial charge is 0.237 e. The summed E-state index contributed by atoms with van der Waals surface area (Å²) in [5.74, 6) is 2.76. The van der Waals surface area contributed by atoms with Crippen LogP contribution in [0.4, 0.5) is 0 Å². The molecule has 2 aromatic rings. The summed E-state index contributed by atoms with van der Waals surface area (Å²) in [4.78, 5) is 5.94. The lowest BCUT2D eigenvalue weighted by Crippen LogP contribution is -2.44. The van der Waals surface area contributed by atoms with Crippen LogP contribution in [-0.4, -0.2) is 29.1 Å². The van der Waals surface area contributed by atoms with Gasteiger partial charge >= 0.3 is 0 Å². The van der Waals surface area contributed by atoms with Gasteiger partial charge in [0.15, 0.2) is 5.82 Å². The van der Waals surface area contributed by atoms with Gasteiger partial charge in [-0.05, 0) is 18.6 Å². The quantitative estimate of drug-likeness (QED) is 0.842. The molecule has 4 rings (SSSR count). The molecule has 0 aliphatic carbocycles. The molecule has 2 aliphatic heterocycles. The maximum absolute atomic E-state index is 5.45. The fourth-order valence-electron chi connectivity index (χ4n) is 2.53. The molecule has 19 heavy (non-hydrogen) atoms. The Kier molecular flexibility index (Phi) is 2.47. The summed E-state index contributed by atoms with van der Waals surface area (Å²) in [6.45, 7) is 3.44. The highest BCUT2D eigenvalue weighted by atomic mass is 32.2. The third kappa shape index (κ3) is 1.72. The predicted octanol–water partition coefficient (Wildman–Crippen LogP) is 2.60. The minimum atomic E-state index is -0.0868. The average molecular weight is 274 g/mol. The number of nitrogens with zero attached hydrogens (tertiary/aromatic N) is 2. The van der Waals surface area contributed by atoms with Crippen LogP contribution < -0.4 is 0 Å². The SMILES string of the molecule is CC1(c2nc(C3CSc4ccccc43)no2)COC1. The molecule has 1 fully saturated rings. The van der Waals surface area contributed by atoms with Crippen molar-refractivity contribution in [2.75, 3.05) is 19.0 Å². The number of rotatable bonds is 2. The van der Waals surface area contributed by atoms with Crippen LogP contribution in [-0.2, 0) is 10.2 Å². The first-order valence-corrected chi connectivity index (χ1v) is 7.38. The van der Waals surface area contributed by atoms with Crippen molar-refractivity contribution < 1.29 is 9.26 Å². The van der Waals surface area contributed by atoms with Crippen LogP contribution in [0, 0.1) is 0 Å². The fourth-order valence-corrected chi connectivity index (χ4v) is 3.76. The summed E-state index contributed by atoms with van der Waals surface area (Å²) in [6.07, 6.45) is 0. The molecule has 0 amide bonds. The van der Waals surface area contributed by atoms with Gasteiger partial charge in [-0.15, -0.1) is 11.8 Å². The van der Waals surface area contributed by atoms with E-state index in [0.29, 0.717) is 19.1 Å². The second-order valence-electron chi connectivity index (χ2n) is 5.41. The van der Waals surface area contributed by atoms with E-state index in [9.17, 15) is 0 Å². The summed E-state index contributed by atoms with van der Waals surface area (Å²) in [7, 11) is 0. The van der Waals surface area contributed by atoms with Crippen LogP contribution >= 0.6 is 11.8 Å². The molecule has 0 bridgehead atoms. The van der Waals surface area contributed by atoms with E-state index in [1.54, 1.807) is 0 Å². The summed E-state index contributed by atoms with van der Waals surface area (Å²) in [6, 6.07) is 8.45. The first-order valence-electron chi connectivity index (χ1n) is 6.40. The average Bonchev–Trinajstić information content (AvgIpc) is 3.02. The zero-order valence-electron chi connectivity index (χ0n) is 10.6. The van der Waals surface area contributed by atoms with E-state index in [-0.39, 0.29) is 11.3 Å². The molecule has 98 valence electrons. The van der Waals surface area contributed by atoms with Crippen LogP contribution in [0.2, 0.25) is 0 Å². The number of aromatic nitrogens is 2. The largest absolute Gasteiger partial charge is 0.379 e. The number of hydrogen-bond donors (Lipinski definition) is 0. The van der Waals surface area contributed by atoms with E-state index in [1.165, 1.54) is 10.5 Å². The van der Waals surface area contributed by atoms with Gasteiger partial charge in [-0.3, -0.25) is 0 Å². The van der Waals surface area contributed by atoms with Gasteiger partial charge < -0.3 is 9.26 Å². The van der Waals surface area contributed by atoms with Crippen LogP contribution in [0.25, 0.3) is 0 Å². The Morgan fingerprint density at radius 2 is 2.16 bits per heavy atom. The summed E-state index contributed by atoms with van der Waals surface area (Å²) in [5.41, 5.74) is 1.23. The van der Waals surface area contributed by atoms with Crippen molar-refractivity contribution in [3.63, 3.8) is 0 Å². The molecule has 2 aliphatic rings. The van der Waals surface area contributed by atoms with Gasteiger partial charge in [0.05, 0.1) is 24.5 Å². The lowest BCUT2D eigenvalue weighted by atomic mass is 9.88. The number of thioether (sulfide) groups is 1. The summed E-state index contributed by atoms with van der Waals surface area (Å²) < 4.78 is 10.7. The molecule has 0 saturated carbocycles. The van der Waals surface area contributed by atoms with Crippen LogP contribution in [0.1, 0.15) is 30.1 Å². The van der Waals surface area contributed by atoms with Crippen molar-refractivity contribution in [3.8, 4) is 0 Å². The van der Waals surface area contributed by atoms with E-state index < -0.39 is 0 Å². The molecule has 1 aromatic heterocycles. The van der Waals surface area contributed by atoms with Gasteiger partial charge in [0.25, 0.3) is 0 Å². The fraction of sp³-hybridized carbons (Fsp3) is 0.429. The third-order valence-corrected chi connectivity index (χ3v) is 4.99. The third-order valence-electron chi connectivity index (χ3n) is 3.81. The zero-order valence-corrected chi connectivity index (χ0v) is 11.4. The number of hydrogen-bond acceptors (Lipinski definition) is 5. The highest BCUT2D eigenvalue weighted by Gasteiger charge is 2.41. The first kappa shape index (κ1) is 11.5. The van der Waals surface area contributed by atoms with Crippen molar-refractivity contribution in [1.29, 1.82) is 0 Å².